The quantitative estimate of drug-likeness (QED) is 0.412. The van der Waals surface area contributed by atoms with Gasteiger partial charge < -0.3 is 10.4 Å². The van der Waals surface area contributed by atoms with Gasteiger partial charge in [0.2, 0.25) is 0 Å². The molecule has 1 unspecified atom stereocenters. The summed E-state index contributed by atoms with van der Waals surface area (Å²) < 4.78 is 1.16. The van der Waals surface area contributed by atoms with E-state index in [4.69, 9.17) is 0 Å². The smallest absolute Gasteiger partial charge is 0.0869 e. The minimum absolute atomic E-state index is 0.389. The van der Waals surface area contributed by atoms with Crippen LogP contribution in [0.15, 0.2) is 60.4 Å². The lowest BCUT2D eigenvalue weighted by molar-refractivity contribution is 0.0445. The number of nitrogens with zero attached hydrogens (tertiary/aromatic N) is 2. The molecule has 0 fully saturated rings. The Balaban J connectivity index is 1.27. The van der Waals surface area contributed by atoms with E-state index in [2.05, 4.69) is 46.5 Å². The molecule has 0 aliphatic heterocycles. The predicted octanol–water partition coefficient (Wildman–Crippen LogP) is 5.40. The molecular weight excluding hydrogens is 378 g/mol. The number of fused-ring (bicyclic) bond motifs is 2. The highest BCUT2D eigenvalue weighted by atomic mass is 32.1. The van der Waals surface area contributed by atoms with Crippen molar-refractivity contribution in [2.45, 2.75) is 51.3 Å². The topological polar surface area (TPSA) is 58.0 Å². The summed E-state index contributed by atoms with van der Waals surface area (Å²) in [6.45, 7) is 4.96. The lowest BCUT2D eigenvalue weighted by atomic mass is 9.89. The zero-order valence-corrected chi connectivity index (χ0v) is 17.7. The van der Waals surface area contributed by atoms with E-state index in [1.54, 1.807) is 11.3 Å². The summed E-state index contributed by atoms with van der Waals surface area (Å²) >= 11 is 1.63. The normalized spacial score (nSPS) is 14.9. The summed E-state index contributed by atoms with van der Waals surface area (Å²) in [7, 11) is 0. The van der Waals surface area contributed by atoms with Crippen LogP contribution >= 0.6 is 11.3 Å². The van der Waals surface area contributed by atoms with Crippen molar-refractivity contribution in [1.82, 2.24) is 15.3 Å². The first kappa shape index (κ1) is 20.0. The van der Waals surface area contributed by atoms with Gasteiger partial charge in [-0.1, -0.05) is 18.2 Å². The zero-order valence-electron chi connectivity index (χ0n) is 16.9. The molecule has 0 spiro atoms. The van der Waals surface area contributed by atoms with E-state index in [1.807, 2.05) is 43.0 Å². The number of nitrogens with one attached hydrogen (secondary N) is 1. The molecule has 4 aromatic rings. The highest BCUT2D eigenvalue weighted by Gasteiger charge is 2.23. The molecule has 2 heterocycles. The van der Waals surface area contributed by atoms with Gasteiger partial charge in [-0.15, -0.1) is 11.3 Å². The zero-order chi connectivity index (χ0) is 20.3. The standard InChI is InChI=1S/C24H27N3OS/c1-17(26-14-18-5-6-20-15-25-11-9-19(20)12-18)4-3-10-24(2,28)21-7-8-23-22(13-21)27-16-29-23/h5-9,11-13,15-17,26,28H,3-4,10,14H2,1-2H3/t17-,24?/m1/s1. The molecule has 29 heavy (non-hydrogen) atoms. The van der Waals surface area contributed by atoms with Gasteiger partial charge in [0.1, 0.15) is 0 Å². The fourth-order valence-corrected chi connectivity index (χ4v) is 4.39. The molecule has 2 aromatic carbocycles. The van der Waals surface area contributed by atoms with Gasteiger partial charge in [-0.3, -0.25) is 4.98 Å². The van der Waals surface area contributed by atoms with Crippen LogP contribution in [0.1, 0.15) is 44.2 Å². The van der Waals surface area contributed by atoms with Crippen molar-refractivity contribution in [3.8, 4) is 0 Å². The Morgan fingerprint density at radius 2 is 2.03 bits per heavy atom. The lowest BCUT2D eigenvalue weighted by Gasteiger charge is -2.25. The molecular formula is C24H27N3OS. The number of pyridine rings is 1. The van der Waals surface area contributed by atoms with E-state index in [0.29, 0.717) is 6.04 Å². The van der Waals surface area contributed by atoms with Gasteiger partial charge in [-0.05, 0) is 73.9 Å². The Morgan fingerprint density at radius 1 is 1.14 bits per heavy atom. The Labute approximate surface area is 175 Å². The van der Waals surface area contributed by atoms with Gasteiger partial charge in [0.05, 0.1) is 21.3 Å². The first-order valence-corrected chi connectivity index (χ1v) is 11.0. The predicted molar refractivity (Wildman–Crippen MR) is 121 cm³/mol. The number of hydrogen-bond acceptors (Lipinski definition) is 5. The van der Waals surface area contributed by atoms with Gasteiger partial charge >= 0.3 is 0 Å². The van der Waals surface area contributed by atoms with Crippen molar-refractivity contribution in [2.24, 2.45) is 0 Å². The maximum absolute atomic E-state index is 11.0. The minimum atomic E-state index is -0.829. The molecule has 0 bridgehead atoms. The van der Waals surface area contributed by atoms with Gasteiger partial charge in [0.25, 0.3) is 0 Å². The first-order valence-electron chi connectivity index (χ1n) is 10.1. The summed E-state index contributed by atoms with van der Waals surface area (Å²) in [5, 5.41) is 16.9. The number of benzene rings is 2. The number of aromatic nitrogens is 2. The van der Waals surface area contributed by atoms with Crippen LogP contribution in [0.4, 0.5) is 0 Å². The number of hydrogen-bond donors (Lipinski definition) is 2. The molecule has 5 heteroatoms. The van der Waals surface area contributed by atoms with E-state index in [1.165, 1.54) is 16.3 Å². The Kier molecular flexibility index (Phi) is 5.90. The number of thiazole rings is 1. The molecule has 0 radical (unpaired) electrons. The van der Waals surface area contributed by atoms with Crippen molar-refractivity contribution in [2.75, 3.05) is 0 Å². The molecule has 0 aliphatic carbocycles. The highest BCUT2D eigenvalue weighted by molar-refractivity contribution is 7.16. The molecule has 4 nitrogen and oxygen atoms in total. The Morgan fingerprint density at radius 3 is 2.93 bits per heavy atom. The van der Waals surface area contributed by atoms with Crippen LogP contribution in [0.3, 0.4) is 0 Å². The second-order valence-corrected chi connectivity index (χ2v) is 8.93. The Bertz CT molecular complexity index is 1110. The summed E-state index contributed by atoms with van der Waals surface area (Å²) in [6.07, 6.45) is 6.44. The van der Waals surface area contributed by atoms with Crippen LogP contribution in [0.5, 0.6) is 0 Å². The van der Waals surface area contributed by atoms with E-state index in [0.717, 1.165) is 41.6 Å². The molecule has 2 aromatic heterocycles. The molecule has 150 valence electrons. The van der Waals surface area contributed by atoms with Gasteiger partial charge in [-0.25, -0.2) is 4.98 Å². The highest BCUT2D eigenvalue weighted by Crippen LogP contribution is 2.30. The molecule has 4 rings (SSSR count). The third-order valence-corrected chi connectivity index (χ3v) is 6.42. The average Bonchev–Trinajstić information content (AvgIpc) is 3.20. The largest absolute Gasteiger partial charge is 0.385 e. The van der Waals surface area contributed by atoms with Gasteiger partial charge in [0.15, 0.2) is 0 Å². The maximum Gasteiger partial charge on any atom is 0.0869 e. The van der Waals surface area contributed by atoms with Crippen LogP contribution in [-0.2, 0) is 12.1 Å². The average molecular weight is 406 g/mol. The van der Waals surface area contributed by atoms with E-state index in [-0.39, 0.29) is 0 Å². The molecule has 0 saturated carbocycles. The van der Waals surface area contributed by atoms with Crippen LogP contribution < -0.4 is 5.32 Å². The molecule has 2 N–H and O–H groups in total. The van der Waals surface area contributed by atoms with Crippen molar-refractivity contribution >= 4 is 32.3 Å². The van der Waals surface area contributed by atoms with Crippen molar-refractivity contribution < 1.29 is 5.11 Å². The van der Waals surface area contributed by atoms with Crippen molar-refractivity contribution in [1.29, 1.82) is 0 Å². The van der Waals surface area contributed by atoms with Crippen LogP contribution in [-0.4, -0.2) is 21.1 Å². The maximum atomic E-state index is 11.0. The fraction of sp³-hybridized carbons (Fsp3) is 0.333. The molecule has 2 atom stereocenters. The third-order valence-electron chi connectivity index (χ3n) is 5.61. The second-order valence-electron chi connectivity index (χ2n) is 8.04. The van der Waals surface area contributed by atoms with E-state index >= 15 is 0 Å². The summed E-state index contributed by atoms with van der Waals surface area (Å²) in [5.74, 6) is 0. The molecule has 0 amide bonds. The summed E-state index contributed by atoms with van der Waals surface area (Å²) in [6, 6.07) is 15.0. The summed E-state index contributed by atoms with van der Waals surface area (Å²) in [5.41, 5.74) is 4.21. The Hall–Kier alpha value is -2.34. The monoisotopic (exact) mass is 405 g/mol. The molecule has 0 aliphatic rings. The summed E-state index contributed by atoms with van der Waals surface area (Å²) in [4.78, 5) is 8.53. The lowest BCUT2D eigenvalue weighted by Crippen LogP contribution is -2.27. The minimum Gasteiger partial charge on any atom is -0.385 e. The number of rotatable bonds is 8. The first-order chi connectivity index (χ1) is 14.0. The third kappa shape index (κ3) is 4.81. The van der Waals surface area contributed by atoms with Crippen LogP contribution in [0.25, 0.3) is 21.0 Å². The van der Waals surface area contributed by atoms with Crippen molar-refractivity contribution in [3.63, 3.8) is 0 Å². The van der Waals surface area contributed by atoms with Gasteiger partial charge in [-0.2, -0.15) is 0 Å². The SMILES string of the molecule is C[C@H](CCCC(C)(O)c1ccc2scnc2c1)NCc1ccc2cnccc2c1. The van der Waals surface area contributed by atoms with Crippen molar-refractivity contribution in [3.05, 3.63) is 71.5 Å². The van der Waals surface area contributed by atoms with Crippen LogP contribution in [0.2, 0.25) is 0 Å². The number of aliphatic hydroxyl groups is 1. The molecule has 0 saturated heterocycles. The van der Waals surface area contributed by atoms with E-state index < -0.39 is 5.60 Å². The fourth-order valence-electron chi connectivity index (χ4n) is 3.73. The van der Waals surface area contributed by atoms with E-state index in [9.17, 15) is 5.11 Å². The van der Waals surface area contributed by atoms with Gasteiger partial charge in [0, 0.05) is 30.4 Å². The second kappa shape index (κ2) is 8.57. The van der Waals surface area contributed by atoms with Crippen LogP contribution in [0, 0.1) is 0 Å².